The van der Waals surface area contributed by atoms with E-state index in [-0.39, 0.29) is 5.91 Å². The molecule has 6 nitrogen and oxygen atoms in total. The van der Waals surface area contributed by atoms with Gasteiger partial charge in [0, 0.05) is 35.9 Å². The highest BCUT2D eigenvalue weighted by Gasteiger charge is 2.20. The number of pyridine rings is 1. The van der Waals surface area contributed by atoms with Gasteiger partial charge in [-0.15, -0.1) is 11.3 Å². The molecule has 1 amide bonds. The molecule has 1 saturated heterocycles. The van der Waals surface area contributed by atoms with Gasteiger partial charge in [-0.3, -0.25) is 4.79 Å². The van der Waals surface area contributed by atoms with Crippen molar-refractivity contribution in [1.82, 2.24) is 9.97 Å². The van der Waals surface area contributed by atoms with Crippen LogP contribution in [0, 0.1) is 6.92 Å². The third kappa shape index (κ3) is 3.99. The average molecular weight is 380 g/mol. The lowest BCUT2D eigenvalue weighted by atomic mass is 10.1. The van der Waals surface area contributed by atoms with Crippen molar-refractivity contribution in [1.29, 1.82) is 0 Å². The number of rotatable bonds is 4. The van der Waals surface area contributed by atoms with Gasteiger partial charge in [0.25, 0.3) is 5.91 Å². The Hall–Kier alpha value is -2.77. The van der Waals surface area contributed by atoms with Crippen LogP contribution in [0.3, 0.4) is 0 Å². The van der Waals surface area contributed by atoms with E-state index < -0.39 is 0 Å². The molecule has 138 valence electrons. The summed E-state index contributed by atoms with van der Waals surface area (Å²) in [6, 6.07) is 11.3. The van der Waals surface area contributed by atoms with Gasteiger partial charge in [-0.25, -0.2) is 9.97 Å². The van der Waals surface area contributed by atoms with Gasteiger partial charge in [-0.1, -0.05) is 12.1 Å². The van der Waals surface area contributed by atoms with Gasteiger partial charge in [0.1, 0.15) is 5.82 Å². The third-order valence-corrected chi connectivity index (χ3v) is 5.17. The summed E-state index contributed by atoms with van der Waals surface area (Å²) in [5, 5.41) is 6.04. The predicted octanol–water partition coefficient (Wildman–Crippen LogP) is 3.60. The van der Waals surface area contributed by atoms with E-state index in [0.29, 0.717) is 24.6 Å². The Kier molecular flexibility index (Phi) is 5.13. The first-order valence-corrected chi connectivity index (χ1v) is 9.70. The molecule has 0 atom stereocenters. The van der Waals surface area contributed by atoms with Crippen LogP contribution in [0.15, 0.2) is 48.0 Å². The quantitative estimate of drug-likeness (QED) is 0.749. The van der Waals surface area contributed by atoms with Crippen LogP contribution >= 0.6 is 11.3 Å². The summed E-state index contributed by atoms with van der Waals surface area (Å²) >= 11 is 1.63. The normalized spacial score (nSPS) is 14.2. The highest BCUT2D eigenvalue weighted by atomic mass is 32.1. The van der Waals surface area contributed by atoms with Crippen molar-refractivity contribution in [2.45, 2.75) is 6.92 Å². The molecule has 3 heterocycles. The molecule has 1 aliphatic heterocycles. The number of nitrogens with zero attached hydrogens (tertiary/aromatic N) is 3. The molecule has 0 unspecified atom stereocenters. The van der Waals surface area contributed by atoms with Crippen LogP contribution in [-0.4, -0.2) is 42.2 Å². The number of thiazole rings is 1. The molecule has 1 aliphatic rings. The van der Waals surface area contributed by atoms with Gasteiger partial charge >= 0.3 is 0 Å². The number of hydrogen-bond acceptors (Lipinski definition) is 6. The number of aromatic nitrogens is 2. The summed E-state index contributed by atoms with van der Waals surface area (Å²) in [5.74, 6) is 0.537. The SMILES string of the molecule is Cc1nc(-c2ccc(NC(=O)c3cccnc3N3CCOCC3)cc2)cs1. The number of hydrogen-bond donors (Lipinski definition) is 1. The number of anilines is 2. The zero-order chi connectivity index (χ0) is 18.6. The van der Waals surface area contributed by atoms with E-state index in [2.05, 4.69) is 20.2 Å². The van der Waals surface area contributed by atoms with Gasteiger partial charge in [0.15, 0.2) is 0 Å². The van der Waals surface area contributed by atoms with Gasteiger partial charge in [-0.05, 0) is 31.2 Å². The summed E-state index contributed by atoms with van der Waals surface area (Å²) in [7, 11) is 0. The summed E-state index contributed by atoms with van der Waals surface area (Å²) < 4.78 is 5.39. The van der Waals surface area contributed by atoms with Crippen molar-refractivity contribution in [2.24, 2.45) is 0 Å². The molecule has 3 aromatic rings. The molecule has 2 aromatic heterocycles. The summed E-state index contributed by atoms with van der Waals surface area (Å²) in [4.78, 5) is 23.8. The van der Waals surface area contributed by atoms with Crippen LogP contribution in [0.4, 0.5) is 11.5 Å². The molecule has 1 N–H and O–H groups in total. The van der Waals surface area contributed by atoms with E-state index in [4.69, 9.17) is 4.74 Å². The topological polar surface area (TPSA) is 67.4 Å². The van der Waals surface area contributed by atoms with Crippen molar-refractivity contribution >= 4 is 28.7 Å². The van der Waals surface area contributed by atoms with E-state index >= 15 is 0 Å². The monoisotopic (exact) mass is 380 g/mol. The van der Waals surface area contributed by atoms with Crippen LogP contribution in [0.5, 0.6) is 0 Å². The molecule has 7 heteroatoms. The highest BCUT2D eigenvalue weighted by molar-refractivity contribution is 7.09. The van der Waals surface area contributed by atoms with Crippen molar-refractivity contribution in [2.75, 3.05) is 36.5 Å². The zero-order valence-corrected chi connectivity index (χ0v) is 15.8. The largest absolute Gasteiger partial charge is 0.378 e. The van der Waals surface area contributed by atoms with Crippen LogP contribution in [0.2, 0.25) is 0 Å². The minimum atomic E-state index is -0.165. The Morgan fingerprint density at radius 1 is 1.19 bits per heavy atom. The molecule has 4 rings (SSSR count). The van der Waals surface area contributed by atoms with Crippen LogP contribution in [-0.2, 0) is 4.74 Å². The lowest BCUT2D eigenvalue weighted by molar-refractivity contribution is 0.102. The van der Waals surface area contributed by atoms with Gasteiger partial charge in [-0.2, -0.15) is 0 Å². The first-order valence-electron chi connectivity index (χ1n) is 8.82. The lowest BCUT2D eigenvalue weighted by Crippen LogP contribution is -2.38. The molecule has 0 aliphatic carbocycles. The van der Waals surface area contributed by atoms with E-state index in [1.54, 1.807) is 29.7 Å². The van der Waals surface area contributed by atoms with Crippen LogP contribution in [0.1, 0.15) is 15.4 Å². The van der Waals surface area contributed by atoms with Gasteiger partial charge in [0.05, 0.1) is 29.5 Å². The fourth-order valence-electron chi connectivity index (χ4n) is 3.02. The molecule has 27 heavy (non-hydrogen) atoms. The fraction of sp³-hybridized carbons (Fsp3) is 0.250. The maximum Gasteiger partial charge on any atom is 0.259 e. The molecule has 0 saturated carbocycles. The second-order valence-electron chi connectivity index (χ2n) is 6.26. The Balaban J connectivity index is 1.51. The third-order valence-electron chi connectivity index (χ3n) is 4.40. The van der Waals surface area contributed by atoms with Crippen molar-refractivity contribution in [3.8, 4) is 11.3 Å². The number of ether oxygens (including phenoxy) is 1. The van der Waals surface area contributed by atoms with Crippen LogP contribution in [0.25, 0.3) is 11.3 Å². The van der Waals surface area contributed by atoms with Gasteiger partial charge in [0.2, 0.25) is 0 Å². The Morgan fingerprint density at radius 3 is 2.67 bits per heavy atom. The van der Waals surface area contributed by atoms with Crippen molar-refractivity contribution in [3.05, 3.63) is 58.5 Å². The number of aryl methyl sites for hydroxylation is 1. The second kappa shape index (κ2) is 7.85. The number of carbonyl (C=O) groups is 1. The number of morpholine rings is 1. The summed E-state index contributed by atoms with van der Waals surface area (Å²) in [6.45, 7) is 4.76. The highest BCUT2D eigenvalue weighted by Crippen LogP contribution is 2.24. The van der Waals surface area contributed by atoms with Crippen LogP contribution < -0.4 is 10.2 Å². The van der Waals surface area contributed by atoms with E-state index in [9.17, 15) is 4.79 Å². The number of nitrogens with one attached hydrogen (secondary N) is 1. The first kappa shape index (κ1) is 17.6. The lowest BCUT2D eigenvalue weighted by Gasteiger charge is -2.29. The average Bonchev–Trinajstić information content (AvgIpc) is 3.15. The number of amides is 1. The Morgan fingerprint density at radius 2 is 1.96 bits per heavy atom. The van der Waals surface area contributed by atoms with Crippen molar-refractivity contribution < 1.29 is 9.53 Å². The molecular weight excluding hydrogens is 360 g/mol. The maximum atomic E-state index is 12.8. The van der Waals surface area contributed by atoms with Crippen molar-refractivity contribution in [3.63, 3.8) is 0 Å². The van der Waals surface area contributed by atoms with E-state index in [0.717, 1.165) is 35.0 Å². The summed E-state index contributed by atoms with van der Waals surface area (Å²) in [6.07, 6.45) is 1.71. The van der Waals surface area contributed by atoms with E-state index in [1.165, 1.54) is 0 Å². The Labute approximate surface area is 161 Å². The first-order chi connectivity index (χ1) is 13.2. The smallest absolute Gasteiger partial charge is 0.259 e. The minimum Gasteiger partial charge on any atom is -0.378 e. The van der Waals surface area contributed by atoms with E-state index in [1.807, 2.05) is 36.6 Å². The molecule has 1 aromatic carbocycles. The predicted molar refractivity (Wildman–Crippen MR) is 108 cm³/mol. The standard InChI is InChI=1S/C20H20N4O2S/c1-14-22-18(13-27-14)15-4-6-16(7-5-15)23-20(25)17-3-2-8-21-19(17)24-9-11-26-12-10-24/h2-8,13H,9-12H2,1H3,(H,23,25). The second-order valence-corrected chi connectivity index (χ2v) is 7.32. The maximum absolute atomic E-state index is 12.8. The molecule has 0 spiro atoms. The summed E-state index contributed by atoms with van der Waals surface area (Å²) in [5.41, 5.74) is 3.30. The number of benzene rings is 1. The molecular formula is C20H20N4O2S. The Bertz CT molecular complexity index is 933. The molecule has 1 fully saturated rings. The number of carbonyl (C=O) groups excluding carboxylic acids is 1. The fourth-order valence-corrected chi connectivity index (χ4v) is 3.64. The zero-order valence-electron chi connectivity index (χ0n) is 15.0. The molecule has 0 bridgehead atoms. The van der Waals surface area contributed by atoms with Gasteiger partial charge < -0.3 is 15.0 Å². The minimum absolute atomic E-state index is 0.165. The molecule has 0 radical (unpaired) electrons.